The van der Waals surface area contributed by atoms with Crippen LogP contribution in [-0.2, 0) is 10.3 Å². The molecule has 0 saturated carbocycles. The summed E-state index contributed by atoms with van der Waals surface area (Å²) < 4.78 is 5.07. The van der Waals surface area contributed by atoms with Crippen molar-refractivity contribution in [2.45, 2.75) is 12.5 Å². The third kappa shape index (κ3) is 2.36. The Labute approximate surface area is 122 Å². The lowest BCUT2D eigenvalue weighted by molar-refractivity contribution is -0.130. The fourth-order valence-electron chi connectivity index (χ4n) is 2.13. The molecule has 0 radical (unpaired) electrons. The lowest BCUT2D eigenvalue weighted by Gasteiger charge is -2.22. The molecule has 0 aliphatic carbocycles. The van der Waals surface area contributed by atoms with Crippen molar-refractivity contribution in [1.29, 1.82) is 0 Å². The van der Waals surface area contributed by atoms with Crippen molar-refractivity contribution in [3.05, 3.63) is 41.4 Å². The van der Waals surface area contributed by atoms with E-state index in [9.17, 15) is 9.59 Å². The molecular weight excluding hydrogens is 280 g/mol. The van der Waals surface area contributed by atoms with E-state index in [0.717, 1.165) is 4.90 Å². The zero-order chi connectivity index (χ0) is 14.9. The van der Waals surface area contributed by atoms with Crippen LogP contribution in [0.25, 0.3) is 0 Å². The molecule has 2 rings (SSSR count). The van der Waals surface area contributed by atoms with E-state index in [1.807, 2.05) is 0 Å². The number of nitrogens with one attached hydrogen (secondary N) is 1. The van der Waals surface area contributed by atoms with Gasteiger partial charge in [-0.1, -0.05) is 30.3 Å². The van der Waals surface area contributed by atoms with Gasteiger partial charge in [-0.15, -0.1) is 0 Å². The van der Waals surface area contributed by atoms with Gasteiger partial charge in [0.1, 0.15) is 11.3 Å². The summed E-state index contributed by atoms with van der Waals surface area (Å²) in [6.45, 7) is 5.16. The number of benzene rings is 1. The molecule has 20 heavy (non-hydrogen) atoms. The molecule has 1 aromatic carbocycles. The molecular formula is C14H15ClN2O3. The highest BCUT2D eigenvalue weighted by molar-refractivity contribution is 6.30. The second-order valence-corrected chi connectivity index (χ2v) is 5.23. The first kappa shape index (κ1) is 14.4. The van der Waals surface area contributed by atoms with E-state index < -0.39 is 11.6 Å². The van der Waals surface area contributed by atoms with Gasteiger partial charge in [-0.25, -0.2) is 4.79 Å². The van der Waals surface area contributed by atoms with Crippen LogP contribution in [0.5, 0.6) is 5.75 Å². The van der Waals surface area contributed by atoms with Crippen molar-refractivity contribution in [1.82, 2.24) is 10.2 Å². The highest BCUT2D eigenvalue weighted by Gasteiger charge is 2.48. The van der Waals surface area contributed by atoms with Crippen LogP contribution in [0.15, 0.2) is 35.9 Å². The van der Waals surface area contributed by atoms with Crippen LogP contribution in [-0.4, -0.2) is 30.5 Å². The highest BCUT2D eigenvalue weighted by atomic mass is 35.5. The van der Waals surface area contributed by atoms with Crippen LogP contribution < -0.4 is 10.1 Å². The summed E-state index contributed by atoms with van der Waals surface area (Å²) in [5.41, 5.74) is -0.422. The van der Waals surface area contributed by atoms with E-state index >= 15 is 0 Å². The van der Waals surface area contributed by atoms with Gasteiger partial charge in [0.15, 0.2) is 0 Å². The number of carbonyl (C=O) groups excluding carboxylic acids is 2. The standard InChI is InChI=1S/C14H15ClN2O3/c1-9(15)8-17-12(18)14(2,16-13(17)19)10-4-6-11(20-3)7-5-10/h4-7H,1,8H2,2-3H3,(H,16,19)/t14-/m0/s1. The van der Waals surface area contributed by atoms with Crippen molar-refractivity contribution in [3.8, 4) is 5.75 Å². The molecule has 1 N–H and O–H groups in total. The fraction of sp³-hybridized carbons (Fsp3) is 0.286. The molecule has 1 aromatic rings. The molecule has 3 amide bonds. The molecule has 1 fully saturated rings. The smallest absolute Gasteiger partial charge is 0.325 e. The second kappa shape index (κ2) is 5.17. The number of amides is 3. The average Bonchev–Trinajstić information content (AvgIpc) is 2.63. The van der Waals surface area contributed by atoms with Gasteiger partial charge in [0.2, 0.25) is 0 Å². The summed E-state index contributed by atoms with van der Waals surface area (Å²) in [6, 6.07) is 6.49. The van der Waals surface area contributed by atoms with Gasteiger partial charge in [0.05, 0.1) is 13.7 Å². The maximum atomic E-state index is 12.4. The molecule has 1 atom stereocenters. The fourth-order valence-corrected chi connectivity index (χ4v) is 2.25. The predicted octanol–water partition coefficient (Wildman–Crippen LogP) is 2.21. The third-order valence-corrected chi connectivity index (χ3v) is 3.39. The molecule has 1 heterocycles. The quantitative estimate of drug-likeness (QED) is 0.866. The van der Waals surface area contributed by atoms with E-state index in [0.29, 0.717) is 11.3 Å². The second-order valence-electron chi connectivity index (χ2n) is 4.69. The average molecular weight is 295 g/mol. The molecule has 5 nitrogen and oxygen atoms in total. The Morgan fingerprint density at radius 1 is 1.40 bits per heavy atom. The molecule has 0 unspecified atom stereocenters. The topological polar surface area (TPSA) is 58.6 Å². The SMILES string of the molecule is C=C(Cl)CN1C(=O)N[C@@](C)(c2ccc(OC)cc2)C1=O. The number of hydrogen-bond acceptors (Lipinski definition) is 3. The number of carbonyl (C=O) groups is 2. The van der Waals surface area contributed by atoms with E-state index in [1.165, 1.54) is 0 Å². The first-order chi connectivity index (χ1) is 9.38. The molecule has 106 valence electrons. The van der Waals surface area contributed by atoms with Crippen LogP contribution in [0.3, 0.4) is 0 Å². The number of rotatable bonds is 4. The first-order valence-corrected chi connectivity index (χ1v) is 6.38. The van der Waals surface area contributed by atoms with Gasteiger partial charge < -0.3 is 10.1 Å². The van der Waals surface area contributed by atoms with Crippen molar-refractivity contribution in [3.63, 3.8) is 0 Å². The van der Waals surface area contributed by atoms with Crippen LogP contribution >= 0.6 is 11.6 Å². The summed E-state index contributed by atoms with van der Waals surface area (Å²) in [5, 5.41) is 2.92. The van der Waals surface area contributed by atoms with E-state index in [1.54, 1.807) is 38.3 Å². The van der Waals surface area contributed by atoms with Gasteiger partial charge in [-0.3, -0.25) is 9.69 Å². The maximum absolute atomic E-state index is 12.4. The zero-order valence-electron chi connectivity index (χ0n) is 11.3. The van der Waals surface area contributed by atoms with Gasteiger partial charge in [0, 0.05) is 5.03 Å². The Hall–Kier alpha value is -2.01. The Morgan fingerprint density at radius 3 is 2.50 bits per heavy atom. The van der Waals surface area contributed by atoms with E-state index in [2.05, 4.69) is 11.9 Å². The minimum absolute atomic E-state index is 0.00202. The third-order valence-electron chi connectivity index (χ3n) is 3.27. The van der Waals surface area contributed by atoms with E-state index in [4.69, 9.17) is 16.3 Å². The number of nitrogens with zero attached hydrogens (tertiary/aromatic N) is 1. The minimum Gasteiger partial charge on any atom is -0.497 e. The lowest BCUT2D eigenvalue weighted by Crippen LogP contribution is -2.41. The Bertz CT molecular complexity index is 570. The maximum Gasteiger partial charge on any atom is 0.325 e. The van der Waals surface area contributed by atoms with Crippen molar-refractivity contribution in [2.24, 2.45) is 0 Å². The number of methoxy groups -OCH3 is 1. The molecule has 0 spiro atoms. The lowest BCUT2D eigenvalue weighted by atomic mass is 9.92. The normalized spacial score (nSPS) is 21.9. The van der Waals surface area contributed by atoms with Crippen molar-refractivity contribution in [2.75, 3.05) is 13.7 Å². The summed E-state index contributed by atoms with van der Waals surface area (Å²) in [5.74, 6) is 0.328. The van der Waals surface area contributed by atoms with Gasteiger partial charge >= 0.3 is 6.03 Å². The Morgan fingerprint density at radius 2 is 2.00 bits per heavy atom. The largest absolute Gasteiger partial charge is 0.497 e. The molecule has 1 aliphatic heterocycles. The number of ether oxygens (including phenoxy) is 1. The van der Waals surface area contributed by atoms with Crippen molar-refractivity contribution >= 4 is 23.5 Å². The summed E-state index contributed by atoms with van der Waals surface area (Å²) in [7, 11) is 1.56. The molecule has 0 aromatic heterocycles. The Balaban J connectivity index is 2.32. The van der Waals surface area contributed by atoms with Crippen LogP contribution in [0.1, 0.15) is 12.5 Å². The number of urea groups is 1. The summed E-state index contributed by atoms with van der Waals surface area (Å²) in [6.07, 6.45) is 0. The monoisotopic (exact) mass is 294 g/mol. The number of hydrogen-bond donors (Lipinski definition) is 1. The highest BCUT2D eigenvalue weighted by Crippen LogP contribution is 2.30. The number of halogens is 1. The first-order valence-electron chi connectivity index (χ1n) is 6.00. The van der Waals surface area contributed by atoms with Crippen LogP contribution in [0, 0.1) is 0 Å². The molecule has 1 aliphatic rings. The molecule has 0 bridgehead atoms. The Kier molecular flexibility index (Phi) is 3.72. The summed E-state index contributed by atoms with van der Waals surface area (Å²) >= 11 is 5.68. The minimum atomic E-state index is -1.10. The predicted molar refractivity (Wildman–Crippen MR) is 75.6 cm³/mol. The van der Waals surface area contributed by atoms with Gasteiger partial charge in [0.25, 0.3) is 5.91 Å². The molecule has 1 saturated heterocycles. The van der Waals surface area contributed by atoms with Gasteiger partial charge in [-0.2, -0.15) is 0 Å². The molecule has 6 heteroatoms. The summed E-state index contributed by atoms with van der Waals surface area (Å²) in [4.78, 5) is 25.4. The van der Waals surface area contributed by atoms with Crippen LogP contribution in [0.4, 0.5) is 4.79 Å². The number of imide groups is 1. The zero-order valence-corrected chi connectivity index (χ0v) is 12.0. The van der Waals surface area contributed by atoms with Crippen molar-refractivity contribution < 1.29 is 14.3 Å². The van der Waals surface area contributed by atoms with Crippen LogP contribution in [0.2, 0.25) is 0 Å². The van der Waals surface area contributed by atoms with Gasteiger partial charge in [-0.05, 0) is 24.6 Å². The van der Waals surface area contributed by atoms with E-state index in [-0.39, 0.29) is 17.5 Å².